The number of alkyl halides is 3. The average Bonchev–Trinajstić information content (AvgIpc) is 2.89. The molecule has 11 heteroatoms. The van der Waals surface area contributed by atoms with Gasteiger partial charge in [-0.3, -0.25) is 14.0 Å². The van der Waals surface area contributed by atoms with E-state index in [1.807, 2.05) is 0 Å². The normalized spacial score (nSPS) is 13.3. The summed E-state index contributed by atoms with van der Waals surface area (Å²) in [5.74, 6) is -2.28. The van der Waals surface area contributed by atoms with E-state index >= 15 is 0 Å². The Kier molecular flexibility index (Phi) is 4.76. The van der Waals surface area contributed by atoms with Crippen molar-refractivity contribution in [3.8, 4) is 5.69 Å². The lowest BCUT2D eigenvalue weighted by Gasteiger charge is -2.17. The Morgan fingerprint density at radius 2 is 1.93 bits per heavy atom. The highest BCUT2D eigenvalue weighted by Crippen LogP contribution is 2.28. The summed E-state index contributed by atoms with van der Waals surface area (Å²) in [4.78, 5) is 16.8. The minimum atomic E-state index is -4.64. The van der Waals surface area contributed by atoms with E-state index in [0.29, 0.717) is 5.65 Å². The lowest BCUT2D eigenvalue weighted by Crippen LogP contribution is -2.26. The molecule has 0 spiro atoms. The molecule has 3 aromatic rings. The molecule has 0 saturated carbocycles. The fraction of sp³-hybridized carbons (Fsp3) is 0.312. The van der Waals surface area contributed by atoms with E-state index in [1.54, 1.807) is 7.05 Å². The van der Waals surface area contributed by atoms with Gasteiger partial charge in [-0.15, -0.1) is 0 Å². The van der Waals surface area contributed by atoms with Crippen molar-refractivity contribution in [2.75, 3.05) is 5.75 Å². The number of aryl methyl sites for hydroxylation is 3. The molecule has 27 heavy (non-hydrogen) atoms. The summed E-state index contributed by atoms with van der Waals surface area (Å²) in [6.45, 7) is 2.81. The van der Waals surface area contributed by atoms with Crippen LogP contribution < -0.4 is 5.56 Å². The standard InChI is InChI=1S/C16H14F4N4O2S/c1-8-4-11(17)12(5-13(8)27(26)7-16(18,19)20)24-9(2)22-14-10(15(24)25)6-21-23(14)3/h4-6H,7H2,1-3H3. The molecule has 0 amide bonds. The van der Waals surface area contributed by atoms with Crippen LogP contribution >= 0.6 is 0 Å². The first-order chi connectivity index (χ1) is 12.5. The molecule has 1 atom stereocenters. The van der Waals surface area contributed by atoms with Crippen LogP contribution in [-0.2, 0) is 18.2 Å². The van der Waals surface area contributed by atoms with Crippen LogP contribution in [0.3, 0.4) is 0 Å². The van der Waals surface area contributed by atoms with Crippen LogP contribution in [-0.4, -0.2) is 35.8 Å². The highest BCUT2D eigenvalue weighted by atomic mass is 32.2. The van der Waals surface area contributed by atoms with Crippen molar-refractivity contribution in [2.24, 2.45) is 7.05 Å². The Morgan fingerprint density at radius 1 is 1.26 bits per heavy atom. The Bertz CT molecular complexity index is 1090. The number of aromatic nitrogens is 4. The maximum atomic E-state index is 14.6. The van der Waals surface area contributed by atoms with Crippen molar-refractivity contribution in [3.63, 3.8) is 0 Å². The number of halogens is 4. The van der Waals surface area contributed by atoms with Gasteiger partial charge < -0.3 is 4.55 Å². The van der Waals surface area contributed by atoms with Gasteiger partial charge in [0.25, 0.3) is 5.56 Å². The van der Waals surface area contributed by atoms with E-state index in [1.165, 1.54) is 24.7 Å². The lowest BCUT2D eigenvalue weighted by molar-refractivity contribution is -0.106. The molecule has 0 bridgehead atoms. The molecule has 0 aliphatic carbocycles. The molecule has 1 unspecified atom stereocenters. The largest absolute Gasteiger partial charge is 0.611 e. The second-order valence-corrected chi connectivity index (χ2v) is 7.40. The fourth-order valence-electron chi connectivity index (χ4n) is 2.75. The zero-order valence-corrected chi connectivity index (χ0v) is 15.3. The van der Waals surface area contributed by atoms with E-state index in [9.17, 15) is 26.9 Å². The fourth-order valence-corrected chi connectivity index (χ4v) is 3.87. The van der Waals surface area contributed by atoms with Crippen LogP contribution in [0.2, 0.25) is 0 Å². The van der Waals surface area contributed by atoms with Gasteiger partial charge in [0.05, 0.1) is 11.9 Å². The number of hydrogen-bond donors (Lipinski definition) is 0. The van der Waals surface area contributed by atoms with Crippen molar-refractivity contribution in [3.05, 3.63) is 45.9 Å². The second kappa shape index (κ2) is 6.64. The van der Waals surface area contributed by atoms with E-state index < -0.39 is 34.5 Å². The summed E-state index contributed by atoms with van der Waals surface area (Å²) >= 11 is -2.44. The lowest BCUT2D eigenvalue weighted by atomic mass is 10.2. The third-order valence-electron chi connectivity index (χ3n) is 3.96. The van der Waals surface area contributed by atoms with Gasteiger partial charge in [-0.2, -0.15) is 18.3 Å². The molecule has 0 fully saturated rings. The molecule has 2 aromatic heterocycles. The number of fused-ring (bicyclic) bond motifs is 1. The van der Waals surface area contributed by atoms with Gasteiger partial charge >= 0.3 is 6.18 Å². The van der Waals surface area contributed by atoms with Gasteiger partial charge in [0, 0.05) is 18.7 Å². The highest BCUT2D eigenvalue weighted by molar-refractivity contribution is 7.91. The quantitative estimate of drug-likeness (QED) is 0.498. The third kappa shape index (κ3) is 3.56. The Balaban J connectivity index is 2.22. The monoisotopic (exact) mass is 402 g/mol. The van der Waals surface area contributed by atoms with Gasteiger partial charge in [-0.05, 0) is 31.1 Å². The first kappa shape index (κ1) is 19.4. The van der Waals surface area contributed by atoms with Gasteiger partial charge in [0.15, 0.2) is 10.5 Å². The maximum absolute atomic E-state index is 14.6. The predicted molar refractivity (Wildman–Crippen MR) is 90.9 cm³/mol. The van der Waals surface area contributed by atoms with E-state index in [0.717, 1.165) is 16.7 Å². The Morgan fingerprint density at radius 3 is 2.56 bits per heavy atom. The average molecular weight is 402 g/mol. The smallest absolute Gasteiger partial charge is 0.433 e. The number of nitrogens with zero attached hydrogens (tertiary/aromatic N) is 4. The summed E-state index contributed by atoms with van der Waals surface area (Å²) in [5, 5.41) is 4.05. The first-order valence-corrected chi connectivity index (χ1v) is 8.98. The van der Waals surface area contributed by atoms with Crippen LogP contribution in [0.4, 0.5) is 17.6 Å². The predicted octanol–water partition coefficient (Wildman–Crippen LogP) is 2.55. The van der Waals surface area contributed by atoms with Crippen molar-refractivity contribution >= 4 is 22.2 Å². The van der Waals surface area contributed by atoms with Gasteiger partial charge in [-0.25, -0.2) is 9.37 Å². The topological polar surface area (TPSA) is 75.8 Å². The van der Waals surface area contributed by atoms with Crippen LogP contribution in [0.5, 0.6) is 0 Å². The van der Waals surface area contributed by atoms with Gasteiger partial charge in [0.1, 0.15) is 17.0 Å². The molecule has 0 N–H and O–H groups in total. The zero-order chi connectivity index (χ0) is 20.1. The summed E-state index contributed by atoms with van der Waals surface area (Å²) in [7, 11) is 1.59. The molecular weight excluding hydrogens is 388 g/mol. The molecule has 144 valence electrons. The van der Waals surface area contributed by atoms with E-state index in [-0.39, 0.29) is 27.4 Å². The number of hydrogen-bond acceptors (Lipinski definition) is 4. The van der Waals surface area contributed by atoms with Crippen molar-refractivity contribution in [1.29, 1.82) is 0 Å². The summed E-state index contributed by atoms with van der Waals surface area (Å²) < 4.78 is 66.8. The molecule has 2 heterocycles. The molecule has 1 aromatic carbocycles. The Hall–Kier alpha value is -2.40. The summed E-state index contributed by atoms with van der Waals surface area (Å²) in [5.41, 5.74) is -0.546. The van der Waals surface area contributed by atoms with Gasteiger partial charge in [-0.1, -0.05) is 0 Å². The molecule has 6 nitrogen and oxygen atoms in total. The molecule has 0 radical (unpaired) electrons. The van der Waals surface area contributed by atoms with Crippen LogP contribution in [0.1, 0.15) is 11.4 Å². The van der Waals surface area contributed by atoms with Crippen molar-refractivity contribution < 1.29 is 22.1 Å². The van der Waals surface area contributed by atoms with E-state index in [4.69, 9.17) is 0 Å². The molecule has 3 rings (SSSR count). The van der Waals surface area contributed by atoms with E-state index in [2.05, 4.69) is 10.1 Å². The second-order valence-electron chi connectivity index (χ2n) is 5.98. The summed E-state index contributed by atoms with van der Waals surface area (Å²) in [6, 6.07) is 1.96. The molecule has 0 aliphatic heterocycles. The first-order valence-electron chi connectivity index (χ1n) is 7.66. The highest BCUT2D eigenvalue weighted by Gasteiger charge is 2.36. The van der Waals surface area contributed by atoms with Crippen molar-refractivity contribution in [1.82, 2.24) is 19.3 Å². The van der Waals surface area contributed by atoms with Crippen LogP contribution in [0, 0.1) is 19.7 Å². The maximum Gasteiger partial charge on any atom is 0.433 e. The Labute approximate surface area is 153 Å². The minimum absolute atomic E-state index is 0.0972. The zero-order valence-electron chi connectivity index (χ0n) is 14.5. The molecule has 0 saturated heterocycles. The third-order valence-corrected chi connectivity index (χ3v) is 5.48. The minimum Gasteiger partial charge on any atom is -0.611 e. The number of rotatable bonds is 3. The number of benzene rings is 1. The van der Waals surface area contributed by atoms with Crippen LogP contribution in [0.15, 0.2) is 28.0 Å². The van der Waals surface area contributed by atoms with Crippen molar-refractivity contribution in [2.45, 2.75) is 24.9 Å². The molecule has 0 aliphatic rings. The molecular formula is C16H14F4N4O2S. The van der Waals surface area contributed by atoms with Gasteiger partial charge in [0.2, 0.25) is 5.75 Å². The van der Waals surface area contributed by atoms with Crippen LogP contribution in [0.25, 0.3) is 16.7 Å². The SMILES string of the molecule is Cc1cc(F)c(-n2c(C)nc3c(cnn3C)c2=O)cc1[S+]([O-])CC(F)(F)F. The summed E-state index contributed by atoms with van der Waals surface area (Å²) in [6.07, 6.45) is -3.37.